The van der Waals surface area contributed by atoms with Gasteiger partial charge in [-0.2, -0.15) is 0 Å². The highest BCUT2D eigenvalue weighted by atomic mass is 32.2. The Bertz CT molecular complexity index is 677. The molecule has 104 valence electrons. The van der Waals surface area contributed by atoms with Crippen molar-refractivity contribution in [2.24, 2.45) is 0 Å². The van der Waals surface area contributed by atoms with Crippen LogP contribution in [0.25, 0.3) is 11.1 Å². The summed E-state index contributed by atoms with van der Waals surface area (Å²) in [5.74, 6) is 0.813. The van der Waals surface area contributed by atoms with Crippen molar-refractivity contribution in [2.75, 3.05) is 5.73 Å². The lowest BCUT2D eigenvalue weighted by Crippen LogP contribution is -2.30. The van der Waals surface area contributed by atoms with Gasteiger partial charge in [0.15, 0.2) is 0 Å². The zero-order valence-electron chi connectivity index (χ0n) is 11.4. The minimum atomic E-state index is -0.0725. The number of anilines is 1. The number of thioether (sulfide) groups is 1. The van der Waals surface area contributed by atoms with Crippen molar-refractivity contribution >= 4 is 34.0 Å². The van der Waals surface area contributed by atoms with Crippen molar-refractivity contribution < 1.29 is 4.79 Å². The van der Waals surface area contributed by atoms with E-state index in [1.807, 2.05) is 26.0 Å². The minimum absolute atomic E-state index is 0.0725. The number of benzene rings is 1. The van der Waals surface area contributed by atoms with Crippen molar-refractivity contribution in [1.82, 2.24) is 5.32 Å². The predicted molar refractivity (Wildman–Crippen MR) is 86.3 cm³/mol. The topological polar surface area (TPSA) is 55.1 Å². The molecule has 3 nitrogen and oxygen atoms in total. The molecule has 0 saturated carbocycles. The third-order valence-corrected chi connectivity index (χ3v) is 5.47. The second kappa shape index (κ2) is 5.14. The third kappa shape index (κ3) is 2.21. The van der Waals surface area contributed by atoms with E-state index >= 15 is 0 Å². The highest BCUT2D eigenvalue weighted by molar-refractivity contribution is 7.98. The Morgan fingerprint density at radius 2 is 2.10 bits per heavy atom. The van der Waals surface area contributed by atoms with Crippen LogP contribution in [0.4, 0.5) is 5.00 Å². The van der Waals surface area contributed by atoms with Gasteiger partial charge in [0, 0.05) is 27.1 Å². The first-order valence-corrected chi connectivity index (χ1v) is 8.32. The summed E-state index contributed by atoms with van der Waals surface area (Å²) in [6.45, 7) is 3.91. The predicted octanol–water partition coefficient (Wildman–Crippen LogP) is 3.74. The molecular formula is C15H16N2OS2. The van der Waals surface area contributed by atoms with Crippen LogP contribution in [0.1, 0.15) is 29.1 Å². The summed E-state index contributed by atoms with van der Waals surface area (Å²) < 4.78 is 0. The highest BCUT2D eigenvalue weighted by Crippen LogP contribution is 2.48. The average Bonchev–Trinajstić information content (AvgIpc) is 2.74. The normalized spacial score (nSPS) is 12.9. The lowest BCUT2D eigenvalue weighted by molar-refractivity contribution is 0.0945. The molecule has 0 radical (unpaired) electrons. The molecule has 20 heavy (non-hydrogen) atoms. The first-order valence-electron chi connectivity index (χ1n) is 6.52. The molecule has 5 heteroatoms. The number of nitrogen functional groups attached to an aromatic ring is 1. The molecule has 1 amide bonds. The Kier molecular flexibility index (Phi) is 3.48. The van der Waals surface area contributed by atoms with Gasteiger partial charge in [0.2, 0.25) is 0 Å². The van der Waals surface area contributed by atoms with Crippen molar-refractivity contribution in [3.8, 4) is 11.1 Å². The fourth-order valence-electron chi connectivity index (χ4n) is 2.39. The Balaban J connectivity index is 2.15. The molecule has 0 atom stereocenters. The second-order valence-corrected chi connectivity index (χ2v) is 7.21. The van der Waals surface area contributed by atoms with E-state index < -0.39 is 0 Å². The molecule has 0 unspecified atom stereocenters. The summed E-state index contributed by atoms with van der Waals surface area (Å²) in [5.41, 5.74) is 8.90. The molecule has 1 aliphatic heterocycles. The number of nitrogens with one attached hydrogen (secondary N) is 1. The van der Waals surface area contributed by atoms with E-state index in [1.165, 1.54) is 21.1 Å². The number of carbonyl (C=O) groups excluding carboxylic acids is 1. The quantitative estimate of drug-likeness (QED) is 0.888. The summed E-state index contributed by atoms with van der Waals surface area (Å²) in [7, 11) is 0. The first kappa shape index (κ1) is 13.5. The van der Waals surface area contributed by atoms with Crippen LogP contribution in [-0.2, 0) is 5.75 Å². The van der Waals surface area contributed by atoms with E-state index in [0.29, 0.717) is 10.6 Å². The van der Waals surface area contributed by atoms with Gasteiger partial charge in [-0.1, -0.05) is 18.2 Å². The van der Waals surface area contributed by atoms with Gasteiger partial charge in [-0.15, -0.1) is 23.1 Å². The van der Waals surface area contributed by atoms with E-state index in [2.05, 4.69) is 17.4 Å². The zero-order chi connectivity index (χ0) is 14.3. The zero-order valence-corrected chi connectivity index (χ0v) is 13.0. The number of nitrogens with two attached hydrogens (primary N) is 1. The molecular weight excluding hydrogens is 288 g/mol. The van der Waals surface area contributed by atoms with Crippen molar-refractivity contribution in [2.45, 2.75) is 30.5 Å². The van der Waals surface area contributed by atoms with Crippen LogP contribution in [0.3, 0.4) is 0 Å². The van der Waals surface area contributed by atoms with Gasteiger partial charge in [-0.25, -0.2) is 0 Å². The van der Waals surface area contributed by atoms with Crippen molar-refractivity contribution in [3.05, 3.63) is 34.7 Å². The lowest BCUT2D eigenvalue weighted by Gasteiger charge is -2.17. The van der Waals surface area contributed by atoms with Crippen molar-refractivity contribution in [3.63, 3.8) is 0 Å². The molecule has 0 spiro atoms. The van der Waals surface area contributed by atoms with Crippen LogP contribution in [0.2, 0.25) is 0 Å². The first-order chi connectivity index (χ1) is 9.58. The molecule has 2 heterocycles. The third-order valence-electron chi connectivity index (χ3n) is 3.17. The molecule has 3 rings (SSSR count). The monoisotopic (exact) mass is 304 g/mol. The van der Waals surface area contributed by atoms with E-state index in [4.69, 9.17) is 5.73 Å². The number of amides is 1. The maximum Gasteiger partial charge on any atom is 0.255 e. The Hall–Kier alpha value is -1.46. The number of fused-ring (bicyclic) bond motifs is 3. The van der Waals surface area contributed by atoms with Gasteiger partial charge < -0.3 is 11.1 Å². The van der Waals surface area contributed by atoms with E-state index in [9.17, 15) is 4.79 Å². The Labute approximate surface area is 126 Å². The number of hydrogen-bond donors (Lipinski definition) is 2. The van der Waals surface area contributed by atoms with Crippen molar-refractivity contribution in [1.29, 1.82) is 0 Å². The SMILES string of the molecule is CC(C)NC(=O)c1c(N)sc2c1-c1ccccc1SC2. The van der Waals surface area contributed by atoms with Crippen LogP contribution in [0.5, 0.6) is 0 Å². The second-order valence-electron chi connectivity index (χ2n) is 5.05. The summed E-state index contributed by atoms with van der Waals surface area (Å²) in [6, 6.07) is 8.30. The number of thiophene rings is 1. The van der Waals surface area contributed by atoms with E-state index in [0.717, 1.165) is 16.9 Å². The molecule has 2 aromatic rings. The van der Waals surface area contributed by atoms with Gasteiger partial charge in [0.1, 0.15) is 0 Å². The van der Waals surface area contributed by atoms with Crippen LogP contribution in [0.15, 0.2) is 29.2 Å². The highest BCUT2D eigenvalue weighted by Gasteiger charge is 2.27. The van der Waals surface area contributed by atoms with Gasteiger partial charge in [0.25, 0.3) is 5.91 Å². The molecule has 0 saturated heterocycles. The minimum Gasteiger partial charge on any atom is -0.390 e. The molecule has 1 aromatic heterocycles. The van der Waals surface area contributed by atoms with Crippen LogP contribution in [0, 0.1) is 0 Å². The maximum atomic E-state index is 12.4. The Morgan fingerprint density at radius 3 is 2.85 bits per heavy atom. The van der Waals surface area contributed by atoms with E-state index in [-0.39, 0.29) is 11.9 Å². The fraction of sp³-hybridized carbons (Fsp3) is 0.267. The van der Waals surface area contributed by atoms with Crippen LogP contribution in [-0.4, -0.2) is 11.9 Å². The molecule has 1 aliphatic rings. The number of carbonyl (C=O) groups is 1. The average molecular weight is 304 g/mol. The van der Waals surface area contributed by atoms with Gasteiger partial charge in [-0.3, -0.25) is 4.79 Å². The molecule has 3 N–H and O–H groups in total. The van der Waals surface area contributed by atoms with Gasteiger partial charge in [0.05, 0.1) is 10.6 Å². The standard InChI is InChI=1S/C15H16N2OS2/c1-8(2)17-15(18)13-12-9-5-3-4-6-10(9)19-7-11(12)20-14(13)16/h3-6,8H,7,16H2,1-2H3,(H,17,18). The largest absolute Gasteiger partial charge is 0.390 e. The number of rotatable bonds is 2. The Morgan fingerprint density at radius 1 is 1.35 bits per heavy atom. The van der Waals surface area contributed by atoms with Crippen LogP contribution >= 0.6 is 23.1 Å². The van der Waals surface area contributed by atoms with Gasteiger partial charge in [-0.05, 0) is 25.5 Å². The summed E-state index contributed by atoms with van der Waals surface area (Å²) in [4.78, 5) is 14.8. The summed E-state index contributed by atoms with van der Waals surface area (Å²) in [5, 5.41) is 3.56. The molecule has 0 fully saturated rings. The molecule has 0 bridgehead atoms. The number of hydrogen-bond acceptors (Lipinski definition) is 4. The van der Waals surface area contributed by atoms with E-state index in [1.54, 1.807) is 11.8 Å². The maximum absolute atomic E-state index is 12.4. The molecule has 1 aromatic carbocycles. The lowest BCUT2D eigenvalue weighted by atomic mass is 10.0. The van der Waals surface area contributed by atoms with Crippen LogP contribution < -0.4 is 11.1 Å². The summed E-state index contributed by atoms with van der Waals surface area (Å²) >= 11 is 3.33. The van der Waals surface area contributed by atoms with Gasteiger partial charge >= 0.3 is 0 Å². The smallest absolute Gasteiger partial charge is 0.255 e. The summed E-state index contributed by atoms with van der Waals surface area (Å²) in [6.07, 6.45) is 0. The molecule has 0 aliphatic carbocycles. The fourth-order valence-corrected chi connectivity index (χ4v) is 4.61.